The van der Waals surface area contributed by atoms with Gasteiger partial charge in [0.25, 0.3) is 0 Å². The molecule has 1 aromatic rings. The van der Waals surface area contributed by atoms with Gasteiger partial charge in [-0.1, -0.05) is 6.07 Å². The van der Waals surface area contributed by atoms with Gasteiger partial charge in [0, 0.05) is 32.8 Å². The largest absolute Gasteiger partial charge is 0.373 e. The Hall–Kier alpha value is -1.60. The molecule has 4 heteroatoms. The maximum Gasteiger partial charge on any atom is 0.125 e. The quantitative estimate of drug-likeness (QED) is 0.789. The third-order valence-corrected chi connectivity index (χ3v) is 2.14. The third kappa shape index (κ3) is 3.96. The van der Waals surface area contributed by atoms with Gasteiger partial charge in [0.15, 0.2) is 0 Å². The van der Waals surface area contributed by atoms with E-state index in [-0.39, 0.29) is 0 Å². The summed E-state index contributed by atoms with van der Waals surface area (Å²) >= 11 is 0. The molecule has 80 valence electrons. The maximum absolute atomic E-state index is 8.45. The SMILES string of the molecule is CNc1ccc(CN(C)CCC#N)cn1. The zero-order valence-corrected chi connectivity index (χ0v) is 9.20. The number of aromatic nitrogens is 1. The monoisotopic (exact) mass is 204 g/mol. The van der Waals surface area contributed by atoms with E-state index >= 15 is 0 Å². The smallest absolute Gasteiger partial charge is 0.125 e. The topological polar surface area (TPSA) is 52.0 Å². The van der Waals surface area contributed by atoms with Crippen molar-refractivity contribution >= 4 is 5.82 Å². The van der Waals surface area contributed by atoms with Crippen LogP contribution in [-0.4, -0.2) is 30.5 Å². The number of rotatable bonds is 5. The minimum Gasteiger partial charge on any atom is -0.373 e. The Bertz CT molecular complexity index is 325. The average molecular weight is 204 g/mol. The predicted octanol–water partition coefficient (Wildman–Crippen LogP) is 1.47. The minimum atomic E-state index is 0.568. The molecule has 4 nitrogen and oxygen atoms in total. The van der Waals surface area contributed by atoms with Crippen molar-refractivity contribution < 1.29 is 0 Å². The van der Waals surface area contributed by atoms with Crippen molar-refractivity contribution in [2.45, 2.75) is 13.0 Å². The van der Waals surface area contributed by atoms with E-state index in [0.717, 1.165) is 24.5 Å². The van der Waals surface area contributed by atoms with Crippen LogP contribution in [0.15, 0.2) is 18.3 Å². The van der Waals surface area contributed by atoms with Crippen molar-refractivity contribution in [1.29, 1.82) is 5.26 Å². The Kier molecular flexibility index (Phi) is 4.58. The maximum atomic E-state index is 8.45. The highest BCUT2D eigenvalue weighted by Crippen LogP contribution is 2.06. The van der Waals surface area contributed by atoms with Crippen molar-refractivity contribution in [1.82, 2.24) is 9.88 Å². The second-order valence-corrected chi connectivity index (χ2v) is 3.45. The first kappa shape index (κ1) is 11.5. The Morgan fingerprint density at radius 1 is 1.53 bits per heavy atom. The van der Waals surface area contributed by atoms with Gasteiger partial charge in [-0.05, 0) is 18.7 Å². The highest BCUT2D eigenvalue weighted by atomic mass is 15.1. The summed E-state index contributed by atoms with van der Waals surface area (Å²) in [7, 11) is 3.85. The summed E-state index contributed by atoms with van der Waals surface area (Å²) < 4.78 is 0. The lowest BCUT2D eigenvalue weighted by Crippen LogP contribution is -2.18. The highest BCUT2D eigenvalue weighted by Gasteiger charge is 2.00. The van der Waals surface area contributed by atoms with Crippen LogP contribution < -0.4 is 5.32 Å². The average Bonchev–Trinajstić information content (AvgIpc) is 2.27. The first-order chi connectivity index (χ1) is 7.26. The number of hydrogen-bond donors (Lipinski definition) is 1. The van der Waals surface area contributed by atoms with Crippen LogP contribution in [0.4, 0.5) is 5.82 Å². The van der Waals surface area contributed by atoms with Crippen molar-refractivity contribution in [3.05, 3.63) is 23.9 Å². The van der Waals surface area contributed by atoms with Gasteiger partial charge in [-0.15, -0.1) is 0 Å². The lowest BCUT2D eigenvalue weighted by Gasteiger charge is -2.14. The minimum absolute atomic E-state index is 0.568. The van der Waals surface area contributed by atoms with Crippen LogP contribution in [-0.2, 0) is 6.54 Å². The van der Waals surface area contributed by atoms with Crippen LogP contribution in [0.25, 0.3) is 0 Å². The molecule has 0 aromatic carbocycles. The van der Waals surface area contributed by atoms with Gasteiger partial charge >= 0.3 is 0 Å². The number of nitriles is 1. The summed E-state index contributed by atoms with van der Waals surface area (Å²) in [5.41, 5.74) is 1.16. The number of hydrogen-bond acceptors (Lipinski definition) is 4. The molecule has 0 spiro atoms. The van der Waals surface area contributed by atoms with E-state index in [4.69, 9.17) is 5.26 Å². The van der Waals surface area contributed by atoms with Crippen molar-refractivity contribution in [3.63, 3.8) is 0 Å². The van der Waals surface area contributed by atoms with E-state index in [1.807, 2.05) is 32.4 Å². The van der Waals surface area contributed by atoms with Crippen LogP contribution in [0, 0.1) is 11.3 Å². The Balaban J connectivity index is 2.46. The summed E-state index contributed by atoms with van der Waals surface area (Å²) in [5.74, 6) is 0.874. The molecule has 1 heterocycles. The van der Waals surface area contributed by atoms with Crippen LogP contribution in [0.2, 0.25) is 0 Å². The van der Waals surface area contributed by atoms with Crippen molar-refractivity contribution in [2.24, 2.45) is 0 Å². The second-order valence-electron chi connectivity index (χ2n) is 3.45. The van der Waals surface area contributed by atoms with Gasteiger partial charge in [0.05, 0.1) is 6.07 Å². The molecular weight excluding hydrogens is 188 g/mol. The van der Waals surface area contributed by atoms with Gasteiger partial charge in [0.2, 0.25) is 0 Å². The van der Waals surface area contributed by atoms with E-state index in [1.54, 1.807) is 0 Å². The molecule has 15 heavy (non-hydrogen) atoms. The fourth-order valence-electron chi connectivity index (χ4n) is 1.30. The Morgan fingerprint density at radius 2 is 2.33 bits per heavy atom. The molecule has 0 atom stereocenters. The van der Waals surface area contributed by atoms with Crippen LogP contribution in [0.1, 0.15) is 12.0 Å². The van der Waals surface area contributed by atoms with Crippen LogP contribution in [0.3, 0.4) is 0 Å². The Labute approximate surface area is 90.5 Å². The first-order valence-electron chi connectivity index (χ1n) is 4.94. The molecule has 0 saturated heterocycles. The molecule has 0 unspecified atom stereocenters. The lowest BCUT2D eigenvalue weighted by atomic mass is 10.2. The van der Waals surface area contributed by atoms with E-state index < -0.39 is 0 Å². The molecule has 0 aliphatic heterocycles. The van der Waals surface area contributed by atoms with E-state index in [9.17, 15) is 0 Å². The predicted molar refractivity (Wildman–Crippen MR) is 60.3 cm³/mol. The summed E-state index contributed by atoms with van der Waals surface area (Å²) in [5, 5.41) is 11.4. The van der Waals surface area contributed by atoms with Crippen LogP contribution in [0.5, 0.6) is 0 Å². The zero-order valence-electron chi connectivity index (χ0n) is 9.20. The summed E-state index contributed by atoms with van der Waals surface area (Å²) in [4.78, 5) is 6.34. The van der Waals surface area contributed by atoms with E-state index in [1.165, 1.54) is 0 Å². The molecule has 0 fully saturated rings. The van der Waals surface area contributed by atoms with Crippen molar-refractivity contribution in [3.8, 4) is 6.07 Å². The number of pyridine rings is 1. The number of nitrogens with zero attached hydrogens (tertiary/aromatic N) is 3. The number of nitrogens with one attached hydrogen (secondary N) is 1. The van der Waals surface area contributed by atoms with Gasteiger partial charge in [-0.25, -0.2) is 4.98 Å². The molecule has 0 bridgehead atoms. The summed E-state index contributed by atoms with van der Waals surface area (Å²) in [6, 6.07) is 6.13. The molecule has 0 amide bonds. The summed E-state index contributed by atoms with van der Waals surface area (Å²) in [6.07, 6.45) is 2.42. The van der Waals surface area contributed by atoms with Gasteiger partial charge in [-0.2, -0.15) is 5.26 Å². The standard InChI is InChI=1S/C11H16N4/c1-13-11-5-4-10(8-14-11)9-15(2)7-3-6-12/h4-5,8H,3,7,9H2,1-2H3,(H,13,14). The van der Waals surface area contributed by atoms with Gasteiger partial charge < -0.3 is 10.2 Å². The lowest BCUT2D eigenvalue weighted by molar-refractivity contribution is 0.334. The normalized spacial score (nSPS) is 10.0. The fourth-order valence-corrected chi connectivity index (χ4v) is 1.30. The number of anilines is 1. The first-order valence-corrected chi connectivity index (χ1v) is 4.94. The Morgan fingerprint density at radius 3 is 2.87 bits per heavy atom. The molecular formula is C11H16N4. The molecule has 1 aromatic heterocycles. The van der Waals surface area contributed by atoms with E-state index in [0.29, 0.717) is 6.42 Å². The molecule has 0 aliphatic carbocycles. The molecule has 0 saturated carbocycles. The van der Waals surface area contributed by atoms with Crippen LogP contribution >= 0.6 is 0 Å². The summed E-state index contributed by atoms with van der Waals surface area (Å²) in [6.45, 7) is 1.63. The van der Waals surface area contributed by atoms with Gasteiger partial charge in [-0.3, -0.25) is 0 Å². The molecule has 0 radical (unpaired) electrons. The molecule has 0 aliphatic rings. The molecule has 1 N–H and O–H groups in total. The molecule has 1 rings (SSSR count). The van der Waals surface area contributed by atoms with E-state index in [2.05, 4.69) is 21.3 Å². The second kappa shape index (κ2) is 5.99. The van der Waals surface area contributed by atoms with Gasteiger partial charge in [0.1, 0.15) is 5.82 Å². The zero-order chi connectivity index (χ0) is 11.1. The highest BCUT2D eigenvalue weighted by molar-refractivity contribution is 5.34. The van der Waals surface area contributed by atoms with Crippen molar-refractivity contribution in [2.75, 3.05) is 26.0 Å². The fraction of sp³-hybridized carbons (Fsp3) is 0.455. The third-order valence-electron chi connectivity index (χ3n) is 2.14.